The van der Waals surface area contributed by atoms with Gasteiger partial charge < -0.3 is 19.1 Å². The third-order valence-corrected chi connectivity index (χ3v) is 14.5. The Bertz CT molecular complexity index is 3450. The number of rotatable bonds is 11. The van der Waals surface area contributed by atoms with Crippen LogP contribution in [0.2, 0.25) is 0 Å². The second-order valence-corrected chi connectivity index (χ2v) is 22.7. The predicted octanol–water partition coefficient (Wildman–Crippen LogP) is 17.8. The SMILES string of the molecule is CC(C)c1cccc(C(C)C)c1-c1cc(Oc2[c-]c3c(c(C(C)(C)C)c2)c2ccccc2n3-c2cc(C(C)(C)C)ccn2)[c-]c(N2C=C(c3ccccc3)N(c3cccc(C(C)(C)c4ccccc4)c3)[CH-]2)c1.[Pt]. The molecule has 0 unspecified atom stereocenters. The first kappa shape index (κ1) is 51.2. The quantitative estimate of drug-likeness (QED) is 0.121. The molecule has 0 amide bonds. The monoisotopic (exact) mass is 1140 g/mol. The van der Waals surface area contributed by atoms with Crippen LogP contribution in [0.25, 0.3) is 44.4 Å². The Balaban J connectivity index is 0.00000656. The second kappa shape index (κ2) is 20.0. The Kier molecular flexibility index (Phi) is 14.0. The predicted molar refractivity (Wildman–Crippen MR) is 302 cm³/mol. The molecule has 0 N–H and O–H groups in total. The van der Waals surface area contributed by atoms with E-state index in [4.69, 9.17) is 9.72 Å². The fourth-order valence-electron chi connectivity index (χ4n) is 10.4. The van der Waals surface area contributed by atoms with Gasteiger partial charge in [-0.25, -0.2) is 4.98 Å². The summed E-state index contributed by atoms with van der Waals surface area (Å²) in [6, 6.07) is 64.5. The zero-order chi connectivity index (χ0) is 50.7. The molecule has 2 aromatic heterocycles. The van der Waals surface area contributed by atoms with Crippen molar-refractivity contribution < 1.29 is 25.8 Å². The van der Waals surface area contributed by atoms with Crippen LogP contribution < -0.4 is 14.5 Å². The summed E-state index contributed by atoms with van der Waals surface area (Å²) in [5, 5.41) is 2.32. The molecule has 73 heavy (non-hydrogen) atoms. The van der Waals surface area contributed by atoms with Crippen molar-refractivity contribution in [2.75, 3.05) is 9.80 Å². The van der Waals surface area contributed by atoms with E-state index in [-0.39, 0.29) is 37.3 Å². The first-order valence-corrected chi connectivity index (χ1v) is 25.6. The molecule has 0 bridgehead atoms. The summed E-state index contributed by atoms with van der Waals surface area (Å²) >= 11 is 0. The van der Waals surface area contributed by atoms with E-state index in [1.807, 2.05) is 6.20 Å². The first-order chi connectivity index (χ1) is 34.4. The minimum absolute atomic E-state index is 0. The standard InChI is InChI=1S/C67H67N4O.Pt/c1-44(2)55-30-22-31-56(45(3)4)63(55)47-35-52(69-42-61(46-23-15-13-16-24-46)70(43-69)51-28-21-27-50(37-51)67(11,12)48-25-17-14-18-26-48)39-53(36-47)72-54-40-58(66(8,9)10)64-57-29-19-20-32-59(57)71(60(64)41-54)62-38-49(33-34-68-62)65(5,6)7;/h13-38,40,42-45H,1-12H3;/q-3;. The molecule has 10 rings (SSSR count). The van der Waals surface area contributed by atoms with Gasteiger partial charge in [0, 0.05) is 61.1 Å². The summed E-state index contributed by atoms with van der Waals surface area (Å²) in [5.74, 6) is 2.66. The normalized spacial score (nSPS) is 13.3. The van der Waals surface area contributed by atoms with Crippen LogP contribution in [0.5, 0.6) is 11.5 Å². The fourth-order valence-corrected chi connectivity index (χ4v) is 10.4. The van der Waals surface area contributed by atoms with Gasteiger partial charge in [-0.05, 0) is 104 Å². The summed E-state index contributed by atoms with van der Waals surface area (Å²) in [7, 11) is 0. The smallest absolute Gasteiger partial charge is 0.135 e. The fraction of sp³-hybridized carbons (Fsp3) is 0.254. The van der Waals surface area contributed by atoms with Gasteiger partial charge in [-0.1, -0.05) is 203 Å². The van der Waals surface area contributed by atoms with Crippen LogP contribution in [0.3, 0.4) is 0 Å². The molecule has 0 saturated heterocycles. The molecule has 3 heterocycles. The molecular formula is C67H67N4OPt-3. The van der Waals surface area contributed by atoms with Crippen LogP contribution in [0.15, 0.2) is 170 Å². The van der Waals surface area contributed by atoms with Crippen LogP contribution in [-0.4, -0.2) is 9.55 Å². The summed E-state index contributed by atoms with van der Waals surface area (Å²) < 4.78 is 9.51. The summed E-state index contributed by atoms with van der Waals surface area (Å²) in [6.45, 7) is 29.5. The van der Waals surface area contributed by atoms with Crippen molar-refractivity contribution in [2.24, 2.45) is 0 Å². The molecule has 7 aromatic carbocycles. The third-order valence-electron chi connectivity index (χ3n) is 14.5. The number of benzene rings is 7. The van der Waals surface area contributed by atoms with E-state index in [9.17, 15) is 0 Å². The van der Waals surface area contributed by atoms with Crippen molar-refractivity contribution in [1.82, 2.24) is 9.55 Å². The summed E-state index contributed by atoms with van der Waals surface area (Å²) in [5.41, 5.74) is 15.4. The van der Waals surface area contributed by atoms with Crippen molar-refractivity contribution in [2.45, 2.75) is 111 Å². The van der Waals surface area contributed by atoms with Crippen LogP contribution in [0.4, 0.5) is 11.4 Å². The Morgan fingerprint density at radius 2 is 1.21 bits per heavy atom. The summed E-state index contributed by atoms with van der Waals surface area (Å²) in [6.07, 6.45) is 4.16. The van der Waals surface area contributed by atoms with E-state index in [1.54, 1.807) is 0 Å². The number of ether oxygens (including phenoxy) is 1. The van der Waals surface area contributed by atoms with Gasteiger partial charge >= 0.3 is 0 Å². The molecule has 0 aliphatic carbocycles. The molecular weight excluding hydrogens is 1070 g/mol. The van der Waals surface area contributed by atoms with Crippen molar-refractivity contribution >= 4 is 38.9 Å². The van der Waals surface area contributed by atoms with Gasteiger partial charge in [0.2, 0.25) is 0 Å². The number of hydrogen-bond acceptors (Lipinski definition) is 4. The molecule has 5 nitrogen and oxygen atoms in total. The number of pyridine rings is 1. The molecule has 0 atom stereocenters. The number of anilines is 2. The minimum Gasteiger partial charge on any atom is -0.509 e. The molecule has 6 heteroatoms. The van der Waals surface area contributed by atoms with Gasteiger partial charge in [0.15, 0.2) is 0 Å². The Morgan fingerprint density at radius 1 is 0.575 bits per heavy atom. The van der Waals surface area contributed by atoms with E-state index in [1.165, 1.54) is 38.9 Å². The Morgan fingerprint density at radius 3 is 1.88 bits per heavy atom. The van der Waals surface area contributed by atoms with Gasteiger partial charge in [0.05, 0.1) is 0 Å². The molecule has 0 fully saturated rings. The van der Waals surface area contributed by atoms with Gasteiger partial charge in [-0.3, -0.25) is 0 Å². The van der Waals surface area contributed by atoms with Crippen molar-refractivity contribution in [3.8, 4) is 28.4 Å². The molecule has 374 valence electrons. The van der Waals surface area contributed by atoms with Crippen LogP contribution >= 0.6 is 0 Å². The largest absolute Gasteiger partial charge is 0.509 e. The van der Waals surface area contributed by atoms with Crippen molar-refractivity contribution in [1.29, 1.82) is 0 Å². The number of nitrogens with zero attached hydrogens (tertiary/aromatic N) is 4. The van der Waals surface area contributed by atoms with E-state index < -0.39 is 0 Å². The number of fused-ring (bicyclic) bond motifs is 3. The maximum absolute atomic E-state index is 7.25. The van der Waals surface area contributed by atoms with Crippen LogP contribution in [0, 0.1) is 18.8 Å². The van der Waals surface area contributed by atoms with Gasteiger partial charge in [0.1, 0.15) is 5.82 Å². The van der Waals surface area contributed by atoms with Gasteiger partial charge in [0.25, 0.3) is 0 Å². The molecule has 0 radical (unpaired) electrons. The molecule has 1 aliphatic heterocycles. The molecule has 0 saturated carbocycles. The van der Waals surface area contributed by atoms with Gasteiger partial charge in [-0.15, -0.1) is 53.8 Å². The molecule has 9 aromatic rings. The molecule has 0 spiro atoms. The van der Waals surface area contributed by atoms with E-state index >= 15 is 0 Å². The molecule has 1 aliphatic rings. The maximum atomic E-state index is 7.25. The second-order valence-electron chi connectivity index (χ2n) is 22.7. The van der Waals surface area contributed by atoms with Crippen LogP contribution in [-0.2, 0) is 37.3 Å². The average molecular weight is 1140 g/mol. The van der Waals surface area contributed by atoms with E-state index in [2.05, 4.69) is 280 Å². The van der Waals surface area contributed by atoms with Gasteiger partial charge in [-0.2, -0.15) is 0 Å². The zero-order valence-corrected chi connectivity index (χ0v) is 46.7. The average Bonchev–Trinajstić information content (AvgIpc) is 3.96. The Hall–Kier alpha value is -6.68. The zero-order valence-electron chi connectivity index (χ0n) is 44.4. The number of hydrogen-bond donors (Lipinski definition) is 0. The van der Waals surface area contributed by atoms with E-state index in [0.29, 0.717) is 23.3 Å². The third kappa shape index (κ3) is 9.94. The van der Waals surface area contributed by atoms with Crippen molar-refractivity contribution in [3.63, 3.8) is 0 Å². The van der Waals surface area contributed by atoms with Crippen molar-refractivity contribution in [3.05, 3.63) is 228 Å². The first-order valence-electron chi connectivity index (χ1n) is 25.6. The minimum atomic E-state index is -0.236. The number of aromatic nitrogens is 2. The number of para-hydroxylation sites is 1. The maximum Gasteiger partial charge on any atom is 0.135 e. The summed E-state index contributed by atoms with van der Waals surface area (Å²) in [4.78, 5) is 9.53. The Labute approximate surface area is 448 Å². The topological polar surface area (TPSA) is 33.5 Å². The van der Waals surface area contributed by atoms with E-state index in [0.717, 1.165) is 55.8 Å². The van der Waals surface area contributed by atoms with Crippen LogP contribution in [0.1, 0.15) is 134 Å².